The van der Waals surface area contributed by atoms with E-state index >= 15 is 0 Å². The molecule has 2 heterocycles. The molecule has 1 aromatic heterocycles. The Hall–Kier alpha value is -2.60. The summed E-state index contributed by atoms with van der Waals surface area (Å²) in [5.74, 6) is 1.01. The summed E-state index contributed by atoms with van der Waals surface area (Å²) in [6.45, 7) is 1.88. The van der Waals surface area contributed by atoms with Crippen LogP contribution in [0.25, 0.3) is 0 Å². The molecule has 3 rings (SSSR count). The third kappa shape index (κ3) is 2.80. The number of aromatic nitrogens is 1. The maximum Gasteiger partial charge on any atom is 0.274 e. The van der Waals surface area contributed by atoms with Gasteiger partial charge in [-0.25, -0.2) is 10.5 Å². The van der Waals surface area contributed by atoms with Gasteiger partial charge in [0.25, 0.3) is 5.91 Å². The van der Waals surface area contributed by atoms with Gasteiger partial charge in [-0.15, -0.1) is 0 Å². The van der Waals surface area contributed by atoms with Crippen molar-refractivity contribution in [2.75, 3.05) is 18.1 Å². The molecule has 1 amide bonds. The van der Waals surface area contributed by atoms with Crippen molar-refractivity contribution in [3.63, 3.8) is 0 Å². The number of nitrogens with one attached hydrogen (secondary N) is 1. The molecule has 1 aliphatic heterocycles. The number of nitrogens with zero attached hydrogens (tertiary/aromatic N) is 2. The average molecular weight is 285 g/mol. The largest absolute Gasteiger partial charge is 0.491 e. The molecule has 6 nitrogen and oxygen atoms in total. The van der Waals surface area contributed by atoms with E-state index in [0.717, 1.165) is 11.4 Å². The zero-order valence-electron chi connectivity index (χ0n) is 11.3. The molecule has 108 valence electrons. The van der Waals surface area contributed by atoms with E-state index in [1.165, 1.54) is 0 Å². The Morgan fingerprint density at radius 2 is 2.24 bits per heavy atom. The second kappa shape index (κ2) is 5.80. The minimum Gasteiger partial charge on any atom is -0.491 e. The van der Waals surface area contributed by atoms with Crippen molar-refractivity contribution in [2.24, 2.45) is 0 Å². The lowest BCUT2D eigenvalue weighted by Gasteiger charge is -2.20. The van der Waals surface area contributed by atoms with Gasteiger partial charge in [0.1, 0.15) is 18.2 Å². The zero-order valence-corrected chi connectivity index (χ0v) is 11.3. The molecule has 0 aliphatic carbocycles. The predicted molar refractivity (Wildman–Crippen MR) is 76.5 cm³/mol. The number of carbonyl (C=O) groups excluding carboxylic acids is 1. The number of hydrogen-bond donors (Lipinski definition) is 2. The van der Waals surface area contributed by atoms with E-state index in [9.17, 15) is 4.79 Å². The molecule has 1 aromatic carbocycles. The molecule has 6 heteroatoms. The van der Waals surface area contributed by atoms with Gasteiger partial charge in [-0.1, -0.05) is 12.1 Å². The molecule has 0 saturated heterocycles. The molecular formula is C15H15N3O3. The Morgan fingerprint density at radius 3 is 3.00 bits per heavy atom. The number of amides is 1. The van der Waals surface area contributed by atoms with E-state index < -0.39 is 5.91 Å². The second-order valence-corrected chi connectivity index (χ2v) is 4.72. The van der Waals surface area contributed by atoms with Crippen LogP contribution in [0.2, 0.25) is 0 Å². The van der Waals surface area contributed by atoms with Crippen molar-refractivity contribution < 1.29 is 14.7 Å². The van der Waals surface area contributed by atoms with Crippen LogP contribution in [0.3, 0.4) is 0 Å². The van der Waals surface area contributed by atoms with E-state index in [-0.39, 0.29) is 0 Å². The van der Waals surface area contributed by atoms with Crippen LogP contribution in [-0.2, 0) is 6.54 Å². The fourth-order valence-electron chi connectivity index (χ4n) is 2.31. The predicted octanol–water partition coefficient (Wildman–Crippen LogP) is 1.60. The van der Waals surface area contributed by atoms with Crippen molar-refractivity contribution in [3.8, 4) is 5.75 Å². The number of hydrogen-bond acceptors (Lipinski definition) is 5. The van der Waals surface area contributed by atoms with Crippen LogP contribution in [0.5, 0.6) is 5.75 Å². The number of ether oxygens (including phenoxy) is 1. The molecule has 0 radical (unpaired) electrons. The molecule has 0 atom stereocenters. The molecule has 0 fully saturated rings. The summed E-state index contributed by atoms with van der Waals surface area (Å²) in [7, 11) is 0. The minimum atomic E-state index is -0.549. The normalized spacial score (nSPS) is 13.9. The molecule has 2 N–H and O–H groups in total. The lowest BCUT2D eigenvalue weighted by molar-refractivity contribution is 0.0706. The van der Waals surface area contributed by atoms with Gasteiger partial charge in [0.05, 0.1) is 6.54 Å². The topological polar surface area (TPSA) is 74.7 Å². The summed E-state index contributed by atoms with van der Waals surface area (Å²) < 4.78 is 5.70. The molecule has 0 unspecified atom stereocenters. The van der Waals surface area contributed by atoms with Crippen molar-refractivity contribution in [2.45, 2.75) is 6.54 Å². The Morgan fingerprint density at radius 1 is 1.33 bits per heavy atom. The van der Waals surface area contributed by atoms with Gasteiger partial charge in [0, 0.05) is 23.9 Å². The number of pyridine rings is 1. The maximum atomic E-state index is 11.4. The smallest absolute Gasteiger partial charge is 0.274 e. The highest BCUT2D eigenvalue weighted by molar-refractivity contribution is 5.93. The van der Waals surface area contributed by atoms with E-state index in [0.29, 0.717) is 31.0 Å². The van der Waals surface area contributed by atoms with Crippen LogP contribution in [0.1, 0.15) is 15.9 Å². The van der Waals surface area contributed by atoms with Crippen LogP contribution in [0.15, 0.2) is 42.6 Å². The standard InChI is InChI=1S/C15H15N3O3/c19-15(17-20)11-4-5-12-10-18(7-8-21-13(12)9-11)14-3-1-2-6-16-14/h1-6,9,20H,7-8,10H2,(H,17,19). The fraction of sp³-hybridized carbons (Fsp3) is 0.200. The SMILES string of the molecule is O=C(NO)c1ccc2c(c1)OCCN(c1ccccn1)C2. The molecule has 1 aliphatic rings. The summed E-state index contributed by atoms with van der Waals surface area (Å²) in [6, 6.07) is 10.9. The van der Waals surface area contributed by atoms with Gasteiger partial charge in [0.2, 0.25) is 0 Å². The highest BCUT2D eigenvalue weighted by Crippen LogP contribution is 2.26. The van der Waals surface area contributed by atoms with Crippen molar-refractivity contribution >= 4 is 11.7 Å². The van der Waals surface area contributed by atoms with Crippen LogP contribution < -0.4 is 15.1 Å². The molecule has 2 aromatic rings. The van der Waals surface area contributed by atoms with Gasteiger partial charge in [-0.05, 0) is 24.3 Å². The number of hydroxylamine groups is 1. The second-order valence-electron chi connectivity index (χ2n) is 4.72. The Bertz CT molecular complexity index is 646. The third-order valence-corrected chi connectivity index (χ3v) is 3.38. The highest BCUT2D eigenvalue weighted by atomic mass is 16.5. The average Bonchev–Trinajstić information content (AvgIpc) is 2.76. The van der Waals surface area contributed by atoms with Gasteiger partial charge in [-0.3, -0.25) is 10.0 Å². The molecule has 0 spiro atoms. The Balaban J connectivity index is 1.88. The van der Waals surface area contributed by atoms with Crippen molar-refractivity contribution in [1.82, 2.24) is 10.5 Å². The first kappa shape index (κ1) is 13.4. The Labute approximate surface area is 121 Å². The van der Waals surface area contributed by atoms with E-state index in [1.54, 1.807) is 23.8 Å². The summed E-state index contributed by atoms with van der Waals surface area (Å²) in [6.07, 6.45) is 1.76. The summed E-state index contributed by atoms with van der Waals surface area (Å²) in [5.41, 5.74) is 2.97. The van der Waals surface area contributed by atoms with Crippen LogP contribution >= 0.6 is 0 Å². The summed E-state index contributed by atoms with van der Waals surface area (Å²) >= 11 is 0. The van der Waals surface area contributed by atoms with Crippen molar-refractivity contribution in [1.29, 1.82) is 0 Å². The van der Waals surface area contributed by atoms with E-state index in [1.807, 2.05) is 24.3 Å². The number of carbonyl (C=O) groups is 1. The van der Waals surface area contributed by atoms with E-state index in [4.69, 9.17) is 9.94 Å². The number of rotatable bonds is 2. The Kier molecular flexibility index (Phi) is 3.70. The van der Waals surface area contributed by atoms with Crippen LogP contribution in [-0.4, -0.2) is 29.3 Å². The number of fused-ring (bicyclic) bond motifs is 1. The fourth-order valence-corrected chi connectivity index (χ4v) is 2.31. The molecular weight excluding hydrogens is 270 g/mol. The van der Waals surface area contributed by atoms with Crippen LogP contribution in [0, 0.1) is 0 Å². The van der Waals surface area contributed by atoms with E-state index in [2.05, 4.69) is 9.88 Å². The zero-order chi connectivity index (χ0) is 14.7. The maximum absolute atomic E-state index is 11.4. The quantitative estimate of drug-likeness (QED) is 0.647. The van der Waals surface area contributed by atoms with Crippen LogP contribution in [0.4, 0.5) is 5.82 Å². The molecule has 0 saturated carbocycles. The van der Waals surface area contributed by atoms with Gasteiger partial charge >= 0.3 is 0 Å². The van der Waals surface area contributed by atoms with Gasteiger partial charge in [0.15, 0.2) is 0 Å². The first-order valence-corrected chi connectivity index (χ1v) is 6.64. The monoisotopic (exact) mass is 285 g/mol. The lowest BCUT2D eigenvalue weighted by atomic mass is 10.1. The van der Waals surface area contributed by atoms with Gasteiger partial charge in [-0.2, -0.15) is 0 Å². The third-order valence-electron chi connectivity index (χ3n) is 3.38. The summed E-state index contributed by atoms with van der Waals surface area (Å²) in [5, 5.41) is 8.68. The molecule has 0 bridgehead atoms. The number of benzene rings is 1. The first-order valence-electron chi connectivity index (χ1n) is 6.64. The first-order chi connectivity index (χ1) is 10.3. The van der Waals surface area contributed by atoms with Gasteiger partial charge < -0.3 is 9.64 Å². The summed E-state index contributed by atoms with van der Waals surface area (Å²) in [4.78, 5) is 17.9. The minimum absolute atomic E-state index is 0.363. The lowest BCUT2D eigenvalue weighted by Crippen LogP contribution is -2.25. The number of anilines is 1. The van der Waals surface area contributed by atoms with Crippen molar-refractivity contribution in [3.05, 3.63) is 53.7 Å². The highest BCUT2D eigenvalue weighted by Gasteiger charge is 2.18. The molecule has 21 heavy (non-hydrogen) atoms.